The van der Waals surface area contributed by atoms with Crippen molar-refractivity contribution in [1.29, 1.82) is 0 Å². The van der Waals surface area contributed by atoms with Gasteiger partial charge in [0.1, 0.15) is 11.6 Å². The Hall–Kier alpha value is -1.75. The Bertz CT molecular complexity index is 543. The highest BCUT2D eigenvalue weighted by atomic mass is 19.1. The quantitative estimate of drug-likeness (QED) is 0.816. The molecule has 1 aliphatic rings. The van der Waals surface area contributed by atoms with E-state index in [2.05, 4.69) is 10.3 Å². The highest BCUT2D eigenvalue weighted by molar-refractivity contribution is 5.37. The molecule has 3 rings (SSSR count). The summed E-state index contributed by atoms with van der Waals surface area (Å²) in [6.07, 6.45) is 2.43. The zero-order valence-corrected chi connectivity index (χ0v) is 9.08. The normalized spacial score (nSPS) is 14.7. The summed E-state index contributed by atoms with van der Waals surface area (Å²) >= 11 is 0. The van der Waals surface area contributed by atoms with Gasteiger partial charge in [0.15, 0.2) is 0 Å². The third-order valence-electron chi connectivity index (χ3n) is 2.91. The predicted molar refractivity (Wildman–Crippen MR) is 58.9 cm³/mol. The molecular weight excluding hydrogens is 224 g/mol. The highest BCUT2D eigenvalue weighted by Crippen LogP contribution is 2.19. The summed E-state index contributed by atoms with van der Waals surface area (Å²) in [5, 5.41) is 3.20. The van der Waals surface area contributed by atoms with Crippen LogP contribution in [0.15, 0.2) is 24.5 Å². The molecule has 0 bridgehead atoms. The van der Waals surface area contributed by atoms with Crippen molar-refractivity contribution in [2.24, 2.45) is 0 Å². The molecule has 2 heterocycles. The lowest BCUT2D eigenvalue weighted by atomic mass is 10.1. The smallest absolute Gasteiger partial charge is 0.128 e. The lowest BCUT2D eigenvalue weighted by Crippen LogP contribution is -2.24. The molecular formula is C12H11F2N3. The van der Waals surface area contributed by atoms with Crippen LogP contribution in [0, 0.1) is 11.6 Å². The van der Waals surface area contributed by atoms with Crippen LogP contribution in [0.5, 0.6) is 0 Å². The number of benzene rings is 1. The number of imidazole rings is 1. The molecule has 0 atom stereocenters. The average Bonchev–Trinajstić information content (AvgIpc) is 2.71. The van der Waals surface area contributed by atoms with Crippen molar-refractivity contribution >= 4 is 0 Å². The number of fused-ring (bicyclic) bond motifs is 1. The molecule has 0 radical (unpaired) electrons. The molecule has 0 unspecified atom stereocenters. The summed E-state index contributed by atoms with van der Waals surface area (Å²) in [7, 11) is 0. The van der Waals surface area contributed by atoms with Gasteiger partial charge in [0.25, 0.3) is 0 Å². The van der Waals surface area contributed by atoms with Gasteiger partial charge < -0.3 is 9.88 Å². The molecule has 0 saturated carbocycles. The van der Waals surface area contributed by atoms with E-state index in [9.17, 15) is 8.78 Å². The summed E-state index contributed by atoms with van der Waals surface area (Å²) in [5.41, 5.74) is 2.45. The lowest BCUT2D eigenvalue weighted by molar-refractivity contribution is 0.579. The van der Waals surface area contributed by atoms with Crippen molar-refractivity contribution in [3.8, 4) is 5.69 Å². The Morgan fingerprint density at radius 2 is 1.94 bits per heavy atom. The van der Waals surface area contributed by atoms with E-state index in [4.69, 9.17) is 0 Å². The van der Waals surface area contributed by atoms with Crippen LogP contribution in [-0.2, 0) is 13.0 Å². The van der Waals surface area contributed by atoms with E-state index in [1.165, 1.54) is 12.1 Å². The van der Waals surface area contributed by atoms with E-state index in [1.807, 2.05) is 0 Å². The maximum atomic E-state index is 13.2. The third-order valence-corrected chi connectivity index (χ3v) is 2.91. The lowest BCUT2D eigenvalue weighted by Gasteiger charge is -2.15. The molecule has 0 fully saturated rings. The molecule has 1 aromatic carbocycles. The van der Waals surface area contributed by atoms with Crippen molar-refractivity contribution in [2.45, 2.75) is 13.0 Å². The number of nitrogens with zero attached hydrogens (tertiary/aromatic N) is 2. The van der Waals surface area contributed by atoms with E-state index < -0.39 is 11.6 Å². The number of halogens is 2. The molecule has 0 spiro atoms. The van der Waals surface area contributed by atoms with Crippen LogP contribution in [0.4, 0.5) is 8.78 Å². The van der Waals surface area contributed by atoms with Crippen molar-refractivity contribution in [3.63, 3.8) is 0 Å². The minimum atomic E-state index is -0.573. The van der Waals surface area contributed by atoms with Gasteiger partial charge in [0.2, 0.25) is 0 Å². The molecule has 1 aromatic heterocycles. The summed E-state index contributed by atoms with van der Waals surface area (Å²) in [5.74, 6) is -1.15. The Kier molecular flexibility index (Phi) is 2.40. The topological polar surface area (TPSA) is 29.9 Å². The first-order valence-electron chi connectivity index (χ1n) is 5.46. The van der Waals surface area contributed by atoms with Gasteiger partial charge in [-0.1, -0.05) is 0 Å². The van der Waals surface area contributed by atoms with Crippen LogP contribution in [0.1, 0.15) is 11.4 Å². The van der Waals surface area contributed by atoms with E-state index in [0.717, 1.165) is 30.4 Å². The second-order valence-electron chi connectivity index (χ2n) is 4.06. The molecule has 0 aliphatic carbocycles. The van der Waals surface area contributed by atoms with Crippen molar-refractivity contribution < 1.29 is 8.78 Å². The van der Waals surface area contributed by atoms with E-state index in [-0.39, 0.29) is 0 Å². The van der Waals surface area contributed by atoms with E-state index in [0.29, 0.717) is 12.2 Å². The van der Waals surface area contributed by atoms with Crippen molar-refractivity contribution in [1.82, 2.24) is 14.9 Å². The molecule has 0 amide bonds. The molecule has 1 N–H and O–H groups in total. The van der Waals surface area contributed by atoms with Crippen LogP contribution in [0.2, 0.25) is 0 Å². The maximum absolute atomic E-state index is 13.2. The monoisotopic (exact) mass is 235 g/mol. The van der Waals surface area contributed by atoms with Crippen molar-refractivity contribution in [3.05, 3.63) is 47.5 Å². The van der Waals surface area contributed by atoms with Crippen LogP contribution < -0.4 is 5.32 Å². The van der Waals surface area contributed by atoms with Crippen LogP contribution in [0.3, 0.4) is 0 Å². The Labute approximate surface area is 97.1 Å². The van der Waals surface area contributed by atoms with E-state index in [1.54, 1.807) is 10.9 Å². The van der Waals surface area contributed by atoms with Crippen LogP contribution >= 0.6 is 0 Å². The van der Waals surface area contributed by atoms with Crippen molar-refractivity contribution in [2.75, 3.05) is 6.54 Å². The number of nitrogens with one attached hydrogen (secondary N) is 1. The predicted octanol–water partition coefficient (Wildman–Crippen LogP) is 1.80. The summed E-state index contributed by atoms with van der Waals surface area (Å²) in [6, 6.07) is 3.49. The Morgan fingerprint density at radius 1 is 1.18 bits per heavy atom. The third kappa shape index (κ3) is 1.82. The SMILES string of the molecule is Fc1cc(F)cc(-n2cnc3c2CCNC3)c1. The first kappa shape index (κ1) is 10.4. The zero-order valence-electron chi connectivity index (χ0n) is 9.08. The van der Waals surface area contributed by atoms with Crippen LogP contribution in [0.25, 0.3) is 5.69 Å². The van der Waals surface area contributed by atoms with Crippen LogP contribution in [-0.4, -0.2) is 16.1 Å². The molecule has 17 heavy (non-hydrogen) atoms. The summed E-state index contributed by atoms with van der Waals surface area (Å²) in [4.78, 5) is 4.25. The molecule has 3 nitrogen and oxygen atoms in total. The Morgan fingerprint density at radius 3 is 2.71 bits per heavy atom. The maximum Gasteiger partial charge on any atom is 0.128 e. The van der Waals surface area contributed by atoms with Gasteiger partial charge in [-0.2, -0.15) is 0 Å². The summed E-state index contributed by atoms with van der Waals surface area (Å²) in [6.45, 7) is 1.57. The standard InChI is InChI=1S/C12H11F2N3/c13-8-3-9(14)5-10(4-8)17-7-16-11-6-15-2-1-12(11)17/h3-5,7,15H,1-2,6H2. The van der Waals surface area contributed by atoms with Gasteiger partial charge >= 0.3 is 0 Å². The summed E-state index contributed by atoms with van der Waals surface area (Å²) < 4.78 is 28.1. The van der Waals surface area contributed by atoms with Gasteiger partial charge in [-0.25, -0.2) is 13.8 Å². The molecule has 5 heteroatoms. The van der Waals surface area contributed by atoms with Gasteiger partial charge in [-0.05, 0) is 12.1 Å². The fourth-order valence-electron chi connectivity index (χ4n) is 2.14. The first-order chi connectivity index (χ1) is 8.24. The second kappa shape index (κ2) is 3.92. The number of aromatic nitrogens is 2. The number of hydrogen-bond acceptors (Lipinski definition) is 2. The minimum Gasteiger partial charge on any atom is -0.311 e. The van der Waals surface area contributed by atoms with E-state index >= 15 is 0 Å². The van der Waals surface area contributed by atoms with Gasteiger partial charge in [-0.15, -0.1) is 0 Å². The highest BCUT2D eigenvalue weighted by Gasteiger charge is 2.16. The second-order valence-corrected chi connectivity index (χ2v) is 4.06. The molecule has 1 aliphatic heterocycles. The number of rotatable bonds is 1. The zero-order chi connectivity index (χ0) is 11.8. The average molecular weight is 235 g/mol. The van der Waals surface area contributed by atoms with Gasteiger partial charge in [0.05, 0.1) is 17.7 Å². The number of hydrogen-bond donors (Lipinski definition) is 1. The molecule has 2 aromatic rings. The Balaban J connectivity index is 2.11. The fourth-order valence-corrected chi connectivity index (χ4v) is 2.14. The largest absolute Gasteiger partial charge is 0.311 e. The van der Waals surface area contributed by atoms with Gasteiger partial charge in [0, 0.05) is 31.3 Å². The first-order valence-corrected chi connectivity index (χ1v) is 5.46. The molecule has 0 saturated heterocycles. The minimum absolute atomic E-state index is 0.484. The van der Waals surface area contributed by atoms with Gasteiger partial charge in [-0.3, -0.25) is 0 Å². The fraction of sp³-hybridized carbons (Fsp3) is 0.250. The molecule has 88 valence electrons.